The summed E-state index contributed by atoms with van der Waals surface area (Å²) in [5.74, 6) is 4.51. The molecule has 8 atom stereocenters. The summed E-state index contributed by atoms with van der Waals surface area (Å²) in [6, 6.07) is 10.2. The molecule has 0 amide bonds. The molecule has 0 spiro atoms. The molecule has 1 aliphatic heterocycles. The minimum absolute atomic E-state index is 0.477. The van der Waals surface area contributed by atoms with E-state index >= 15 is 0 Å². The zero-order valence-electron chi connectivity index (χ0n) is 21.9. The highest BCUT2D eigenvalue weighted by Gasteiger charge is 2.60. The Morgan fingerprint density at radius 1 is 0.857 bits per heavy atom. The average Bonchev–Trinajstić information content (AvgIpc) is 3.25. The highest BCUT2D eigenvalue weighted by Crippen LogP contribution is 2.69. The SMILES string of the molecule is C[C@]12CCC3[C@@H](CC[C@H]4C[C@@H](N5CCOCC5)CC[C@]34C)[C@@H]1CC[C@@H]2c1ccc2ccncc2c1. The van der Waals surface area contributed by atoms with Crippen molar-refractivity contribution in [3.05, 3.63) is 42.2 Å². The second-order valence-corrected chi connectivity index (χ2v) is 13.4. The summed E-state index contributed by atoms with van der Waals surface area (Å²) < 4.78 is 5.65. The Hall–Kier alpha value is -1.45. The molecule has 1 aromatic carbocycles. The lowest BCUT2D eigenvalue weighted by Gasteiger charge is -2.61. The molecule has 2 heterocycles. The molecule has 1 saturated heterocycles. The number of aromatic nitrogens is 1. The summed E-state index contributed by atoms with van der Waals surface area (Å²) in [7, 11) is 0. The predicted octanol–water partition coefficient (Wildman–Crippen LogP) is 7.06. The van der Waals surface area contributed by atoms with E-state index in [-0.39, 0.29) is 0 Å². The van der Waals surface area contributed by atoms with E-state index in [1.54, 1.807) is 5.56 Å². The quantitative estimate of drug-likeness (QED) is 0.468. The number of benzene rings is 1. The fourth-order valence-corrected chi connectivity index (χ4v) is 10.4. The molecule has 0 radical (unpaired) electrons. The first-order valence-corrected chi connectivity index (χ1v) is 14.7. The van der Waals surface area contributed by atoms with Crippen LogP contribution in [0.25, 0.3) is 10.8 Å². The van der Waals surface area contributed by atoms with Crippen LogP contribution in [0.5, 0.6) is 0 Å². The van der Waals surface area contributed by atoms with Gasteiger partial charge < -0.3 is 4.74 Å². The van der Waals surface area contributed by atoms with Gasteiger partial charge in [-0.1, -0.05) is 26.0 Å². The van der Waals surface area contributed by atoms with E-state index in [1.807, 2.05) is 6.20 Å². The number of hydrogen-bond acceptors (Lipinski definition) is 3. The summed E-state index contributed by atoms with van der Waals surface area (Å²) in [6.45, 7) is 9.62. The predicted molar refractivity (Wildman–Crippen MR) is 142 cm³/mol. The largest absolute Gasteiger partial charge is 0.379 e. The molecule has 5 fully saturated rings. The van der Waals surface area contributed by atoms with Gasteiger partial charge in [0.25, 0.3) is 0 Å². The monoisotopic (exact) mass is 472 g/mol. The molecule has 4 saturated carbocycles. The van der Waals surface area contributed by atoms with Gasteiger partial charge in [0.15, 0.2) is 0 Å². The summed E-state index contributed by atoms with van der Waals surface area (Å²) in [5.41, 5.74) is 2.64. The number of nitrogens with zero attached hydrogens (tertiary/aromatic N) is 2. The van der Waals surface area contributed by atoms with E-state index in [1.165, 1.54) is 68.6 Å². The highest BCUT2D eigenvalue weighted by atomic mass is 16.5. The van der Waals surface area contributed by atoms with Crippen LogP contribution in [0.15, 0.2) is 36.7 Å². The topological polar surface area (TPSA) is 25.4 Å². The van der Waals surface area contributed by atoms with E-state index in [2.05, 4.69) is 54.2 Å². The van der Waals surface area contributed by atoms with Crippen LogP contribution in [0.3, 0.4) is 0 Å². The van der Waals surface area contributed by atoms with Crippen molar-refractivity contribution in [2.45, 2.75) is 83.6 Å². The van der Waals surface area contributed by atoms with Gasteiger partial charge in [-0.2, -0.15) is 0 Å². The van der Waals surface area contributed by atoms with Crippen molar-refractivity contribution in [3.8, 4) is 0 Å². The summed E-state index contributed by atoms with van der Waals surface area (Å²) in [6.07, 6.45) is 17.0. The lowest BCUT2D eigenvalue weighted by molar-refractivity contribution is -0.121. The smallest absolute Gasteiger partial charge is 0.0594 e. The van der Waals surface area contributed by atoms with Crippen LogP contribution in [-0.2, 0) is 4.74 Å². The fraction of sp³-hybridized carbons (Fsp3) is 0.719. The number of rotatable bonds is 2. The van der Waals surface area contributed by atoms with Gasteiger partial charge in [0.05, 0.1) is 13.2 Å². The van der Waals surface area contributed by atoms with Crippen LogP contribution in [0.2, 0.25) is 0 Å². The number of pyridine rings is 1. The molecular weight excluding hydrogens is 428 g/mol. The normalized spacial score (nSPS) is 43.9. The Balaban J connectivity index is 1.11. The molecule has 1 aromatic heterocycles. The number of hydrogen-bond donors (Lipinski definition) is 0. The third-order valence-corrected chi connectivity index (χ3v) is 12.3. The maximum absolute atomic E-state index is 5.65. The molecule has 4 aliphatic carbocycles. The van der Waals surface area contributed by atoms with Gasteiger partial charge in [0.1, 0.15) is 0 Å². The second kappa shape index (κ2) is 8.55. The molecule has 5 aliphatic rings. The maximum atomic E-state index is 5.65. The number of fused-ring (bicyclic) bond motifs is 6. The Labute approximate surface area is 212 Å². The second-order valence-electron chi connectivity index (χ2n) is 13.4. The summed E-state index contributed by atoms with van der Waals surface area (Å²) in [4.78, 5) is 7.18. The molecule has 188 valence electrons. The van der Waals surface area contributed by atoms with Crippen molar-refractivity contribution < 1.29 is 4.74 Å². The van der Waals surface area contributed by atoms with Gasteiger partial charge in [-0.3, -0.25) is 9.88 Å². The zero-order valence-corrected chi connectivity index (χ0v) is 21.9. The third kappa shape index (κ3) is 3.55. The van der Waals surface area contributed by atoms with Crippen molar-refractivity contribution in [1.29, 1.82) is 0 Å². The van der Waals surface area contributed by atoms with Crippen LogP contribution in [0.4, 0.5) is 0 Å². The fourth-order valence-electron chi connectivity index (χ4n) is 10.4. The summed E-state index contributed by atoms with van der Waals surface area (Å²) in [5, 5.41) is 2.64. The first-order chi connectivity index (χ1) is 17.1. The molecule has 7 rings (SSSR count). The Morgan fingerprint density at radius 3 is 2.57 bits per heavy atom. The molecular formula is C32H44N2O. The van der Waals surface area contributed by atoms with Crippen molar-refractivity contribution in [1.82, 2.24) is 9.88 Å². The van der Waals surface area contributed by atoms with Crippen LogP contribution in [0, 0.1) is 34.5 Å². The molecule has 1 unspecified atom stereocenters. The van der Waals surface area contributed by atoms with E-state index < -0.39 is 0 Å². The van der Waals surface area contributed by atoms with Crippen LogP contribution in [-0.4, -0.2) is 42.2 Å². The molecule has 3 nitrogen and oxygen atoms in total. The Morgan fingerprint density at radius 2 is 1.69 bits per heavy atom. The van der Waals surface area contributed by atoms with Crippen molar-refractivity contribution in [3.63, 3.8) is 0 Å². The van der Waals surface area contributed by atoms with E-state index in [0.29, 0.717) is 10.8 Å². The molecule has 3 heteroatoms. The lowest BCUT2D eigenvalue weighted by atomic mass is 9.44. The zero-order chi connectivity index (χ0) is 23.6. The number of morpholine rings is 1. The minimum atomic E-state index is 0.477. The first kappa shape index (κ1) is 22.7. The number of ether oxygens (including phenoxy) is 1. The minimum Gasteiger partial charge on any atom is -0.379 e. The lowest BCUT2D eigenvalue weighted by Crippen LogP contribution is -2.56. The van der Waals surface area contributed by atoms with Gasteiger partial charge in [-0.25, -0.2) is 0 Å². The molecule has 2 aromatic rings. The van der Waals surface area contributed by atoms with Crippen LogP contribution < -0.4 is 0 Å². The first-order valence-electron chi connectivity index (χ1n) is 14.7. The summed E-state index contributed by atoms with van der Waals surface area (Å²) >= 11 is 0. The Bertz CT molecular complexity index is 1080. The van der Waals surface area contributed by atoms with Gasteiger partial charge >= 0.3 is 0 Å². The standard InChI is InChI=1S/C32H44N2O/c1-31-12-9-26(34-15-17-35-18-16-34)20-25(31)5-6-27-29-8-7-28(32(29,2)13-10-30(27)31)23-4-3-22-11-14-33-21-24(22)19-23/h3-4,11,14,19,21,25-30H,5-10,12-13,15-18,20H2,1-2H3/t25-,26-,27-,28+,29-,30?,31-,32+/m0/s1. The maximum Gasteiger partial charge on any atom is 0.0594 e. The van der Waals surface area contributed by atoms with Crippen LogP contribution >= 0.6 is 0 Å². The molecule has 0 bridgehead atoms. The van der Waals surface area contributed by atoms with Gasteiger partial charge in [-0.15, -0.1) is 0 Å². The van der Waals surface area contributed by atoms with Crippen molar-refractivity contribution >= 4 is 10.8 Å². The Kier molecular flexibility index (Phi) is 5.55. The highest BCUT2D eigenvalue weighted by molar-refractivity contribution is 5.82. The van der Waals surface area contributed by atoms with E-state index in [4.69, 9.17) is 4.74 Å². The third-order valence-electron chi connectivity index (χ3n) is 12.3. The van der Waals surface area contributed by atoms with Crippen LogP contribution in [0.1, 0.15) is 83.1 Å². The van der Waals surface area contributed by atoms with E-state index in [9.17, 15) is 0 Å². The van der Waals surface area contributed by atoms with Gasteiger partial charge in [0.2, 0.25) is 0 Å². The van der Waals surface area contributed by atoms with E-state index in [0.717, 1.165) is 61.9 Å². The average molecular weight is 473 g/mol. The molecule has 0 N–H and O–H groups in total. The van der Waals surface area contributed by atoms with Crippen molar-refractivity contribution in [2.75, 3.05) is 26.3 Å². The van der Waals surface area contributed by atoms with Crippen molar-refractivity contribution in [2.24, 2.45) is 34.5 Å². The van der Waals surface area contributed by atoms with Gasteiger partial charge in [-0.05, 0) is 121 Å². The van der Waals surface area contributed by atoms with Gasteiger partial charge in [0, 0.05) is 36.9 Å². The molecule has 35 heavy (non-hydrogen) atoms.